The first-order chi connectivity index (χ1) is 12.5. The van der Waals surface area contributed by atoms with Crippen LogP contribution < -0.4 is 15.4 Å². The first kappa shape index (κ1) is 18.0. The number of H-pyrrole nitrogens is 1. The number of rotatable bonds is 5. The summed E-state index contributed by atoms with van der Waals surface area (Å²) in [5, 5.41) is 8.92. The molecule has 7 heteroatoms. The number of nitriles is 1. The second kappa shape index (κ2) is 7.58. The molecule has 1 atom stereocenters. The number of aromatic nitrogens is 2. The molecule has 1 aliphatic rings. The Morgan fingerprint density at radius 2 is 2.04 bits per heavy atom. The van der Waals surface area contributed by atoms with Crippen LogP contribution in [-0.2, 0) is 6.54 Å². The molecule has 2 heterocycles. The van der Waals surface area contributed by atoms with Crippen LogP contribution in [-0.4, -0.2) is 55.1 Å². The molecule has 7 nitrogen and oxygen atoms in total. The molecule has 0 amide bonds. The summed E-state index contributed by atoms with van der Waals surface area (Å²) < 4.78 is 0. The predicted octanol–water partition coefficient (Wildman–Crippen LogP) is 1.42. The summed E-state index contributed by atoms with van der Waals surface area (Å²) in [4.78, 5) is 25.5. The summed E-state index contributed by atoms with van der Waals surface area (Å²) in [6.45, 7) is 2.54. The van der Waals surface area contributed by atoms with E-state index in [1.54, 1.807) is 11.0 Å². The molecule has 1 saturated heterocycles. The normalized spacial score (nSPS) is 16.7. The Bertz CT molecular complexity index is 852. The zero-order valence-electron chi connectivity index (χ0n) is 15.4. The second-order valence-corrected chi connectivity index (χ2v) is 6.92. The number of hydrogen-bond acceptors (Lipinski definition) is 6. The van der Waals surface area contributed by atoms with E-state index in [4.69, 9.17) is 5.26 Å². The molecule has 1 aromatic carbocycles. The van der Waals surface area contributed by atoms with E-state index in [1.807, 2.05) is 38.4 Å². The monoisotopic (exact) mass is 352 g/mol. The van der Waals surface area contributed by atoms with Crippen LogP contribution in [0, 0.1) is 11.3 Å². The van der Waals surface area contributed by atoms with Crippen LogP contribution in [0.5, 0.6) is 0 Å². The molecule has 1 aliphatic heterocycles. The lowest BCUT2D eigenvalue weighted by molar-refractivity contribution is 0.247. The van der Waals surface area contributed by atoms with E-state index in [9.17, 15) is 4.79 Å². The van der Waals surface area contributed by atoms with E-state index in [-0.39, 0.29) is 5.56 Å². The number of nitrogens with zero attached hydrogens (tertiary/aromatic N) is 5. The Kier molecular flexibility index (Phi) is 5.24. The largest absolute Gasteiger partial charge is 0.370 e. The van der Waals surface area contributed by atoms with Gasteiger partial charge in [0.05, 0.1) is 17.3 Å². The Hall–Kier alpha value is -2.85. The molecule has 3 rings (SSSR count). The fraction of sp³-hybridized carbons (Fsp3) is 0.421. The first-order valence-corrected chi connectivity index (χ1v) is 8.69. The zero-order valence-corrected chi connectivity index (χ0v) is 15.4. The Labute approximate surface area is 153 Å². The molecule has 0 radical (unpaired) electrons. The van der Waals surface area contributed by atoms with E-state index in [1.165, 1.54) is 0 Å². The van der Waals surface area contributed by atoms with Gasteiger partial charge in [-0.1, -0.05) is 0 Å². The van der Waals surface area contributed by atoms with Gasteiger partial charge in [-0.25, -0.2) is 4.98 Å². The molecule has 136 valence electrons. The molecule has 26 heavy (non-hydrogen) atoms. The minimum absolute atomic E-state index is 0.127. The smallest absolute Gasteiger partial charge is 0.252 e. The van der Waals surface area contributed by atoms with Crippen molar-refractivity contribution in [3.05, 3.63) is 51.9 Å². The SMILES string of the molecule is CN(C)c1nc(CN(C)[C@@H]2CCN(c3ccc(C#N)cc3)C2)cc(=O)[nH]1. The Morgan fingerprint density at radius 3 is 2.69 bits per heavy atom. The highest BCUT2D eigenvalue weighted by Gasteiger charge is 2.26. The number of nitrogens with one attached hydrogen (secondary N) is 1. The molecule has 0 aliphatic carbocycles. The highest BCUT2D eigenvalue weighted by atomic mass is 16.1. The lowest BCUT2D eigenvalue weighted by Gasteiger charge is -2.25. The summed E-state index contributed by atoms with van der Waals surface area (Å²) >= 11 is 0. The number of aromatic amines is 1. The fourth-order valence-electron chi connectivity index (χ4n) is 3.25. The third-order valence-electron chi connectivity index (χ3n) is 4.77. The fourth-order valence-corrected chi connectivity index (χ4v) is 3.25. The average molecular weight is 352 g/mol. The van der Waals surface area contributed by atoms with Crippen molar-refractivity contribution in [1.29, 1.82) is 5.26 Å². The van der Waals surface area contributed by atoms with Crippen LogP contribution >= 0.6 is 0 Å². The molecule has 0 spiro atoms. The zero-order chi connectivity index (χ0) is 18.7. The summed E-state index contributed by atoms with van der Waals surface area (Å²) in [6.07, 6.45) is 1.06. The van der Waals surface area contributed by atoms with Crippen molar-refractivity contribution in [1.82, 2.24) is 14.9 Å². The van der Waals surface area contributed by atoms with Gasteiger partial charge in [-0.2, -0.15) is 5.26 Å². The van der Waals surface area contributed by atoms with Crippen LogP contribution in [0.25, 0.3) is 0 Å². The third kappa shape index (κ3) is 4.03. The summed E-state index contributed by atoms with van der Waals surface area (Å²) in [6, 6.07) is 11.8. The van der Waals surface area contributed by atoms with Gasteiger partial charge in [0.2, 0.25) is 5.95 Å². The van der Waals surface area contributed by atoms with Crippen molar-refractivity contribution < 1.29 is 0 Å². The van der Waals surface area contributed by atoms with Crippen molar-refractivity contribution in [2.45, 2.75) is 19.0 Å². The second-order valence-electron chi connectivity index (χ2n) is 6.92. The van der Waals surface area contributed by atoms with Gasteiger partial charge < -0.3 is 9.80 Å². The maximum Gasteiger partial charge on any atom is 0.252 e. The van der Waals surface area contributed by atoms with E-state index in [0.29, 0.717) is 24.1 Å². The van der Waals surface area contributed by atoms with Gasteiger partial charge in [-0.15, -0.1) is 0 Å². The van der Waals surface area contributed by atoms with Crippen LogP contribution in [0.4, 0.5) is 11.6 Å². The highest BCUT2D eigenvalue weighted by molar-refractivity contribution is 5.50. The van der Waals surface area contributed by atoms with E-state index < -0.39 is 0 Å². The van der Waals surface area contributed by atoms with Gasteiger partial charge in [-0.3, -0.25) is 14.7 Å². The maximum atomic E-state index is 11.8. The summed E-state index contributed by atoms with van der Waals surface area (Å²) in [7, 11) is 5.79. The molecule has 0 unspecified atom stereocenters. The minimum Gasteiger partial charge on any atom is -0.370 e. The van der Waals surface area contributed by atoms with Gasteiger partial charge >= 0.3 is 0 Å². The quantitative estimate of drug-likeness (QED) is 0.877. The topological polar surface area (TPSA) is 79.3 Å². The number of anilines is 2. The van der Waals surface area contributed by atoms with Gasteiger partial charge in [0, 0.05) is 51.5 Å². The first-order valence-electron chi connectivity index (χ1n) is 8.69. The van der Waals surface area contributed by atoms with Crippen molar-refractivity contribution in [3.8, 4) is 6.07 Å². The number of benzene rings is 1. The summed E-state index contributed by atoms with van der Waals surface area (Å²) in [5.74, 6) is 0.575. The molecule has 0 bridgehead atoms. The van der Waals surface area contributed by atoms with Crippen molar-refractivity contribution in [2.75, 3.05) is 44.0 Å². The van der Waals surface area contributed by atoms with E-state index in [0.717, 1.165) is 30.9 Å². The Balaban J connectivity index is 1.65. The van der Waals surface area contributed by atoms with Gasteiger partial charge in [0.25, 0.3) is 5.56 Å². The molecule has 0 saturated carbocycles. The van der Waals surface area contributed by atoms with Gasteiger partial charge in [0.1, 0.15) is 0 Å². The van der Waals surface area contributed by atoms with E-state index in [2.05, 4.69) is 32.9 Å². The third-order valence-corrected chi connectivity index (χ3v) is 4.77. The standard InChI is InChI=1S/C19H24N6O/c1-23(2)19-21-15(10-18(26)22-19)12-24(3)17-8-9-25(13-17)16-6-4-14(11-20)5-7-16/h4-7,10,17H,8-9,12-13H2,1-3H3,(H,21,22,26)/t17-/m1/s1. The van der Waals surface area contributed by atoms with Crippen molar-refractivity contribution in [3.63, 3.8) is 0 Å². The number of likely N-dealkylation sites (N-methyl/N-ethyl adjacent to an activating group) is 1. The van der Waals surface area contributed by atoms with Crippen molar-refractivity contribution in [2.24, 2.45) is 0 Å². The molecule has 2 aromatic rings. The molecular weight excluding hydrogens is 328 g/mol. The molecular formula is C19H24N6O. The van der Waals surface area contributed by atoms with Gasteiger partial charge in [-0.05, 0) is 37.7 Å². The predicted molar refractivity (Wildman–Crippen MR) is 102 cm³/mol. The lowest BCUT2D eigenvalue weighted by Crippen LogP contribution is -2.35. The van der Waals surface area contributed by atoms with Crippen LogP contribution in [0.2, 0.25) is 0 Å². The maximum absolute atomic E-state index is 11.8. The van der Waals surface area contributed by atoms with Crippen molar-refractivity contribution >= 4 is 11.6 Å². The molecule has 1 aromatic heterocycles. The average Bonchev–Trinajstić information content (AvgIpc) is 3.11. The minimum atomic E-state index is -0.127. The Morgan fingerprint density at radius 1 is 1.31 bits per heavy atom. The van der Waals surface area contributed by atoms with Crippen LogP contribution in [0.1, 0.15) is 17.7 Å². The van der Waals surface area contributed by atoms with Crippen LogP contribution in [0.3, 0.4) is 0 Å². The summed E-state index contributed by atoms with van der Waals surface area (Å²) in [5.41, 5.74) is 2.47. The van der Waals surface area contributed by atoms with Gasteiger partial charge in [0.15, 0.2) is 0 Å². The molecule has 1 N–H and O–H groups in total. The number of hydrogen-bond donors (Lipinski definition) is 1. The lowest BCUT2D eigenvalue weighted by atomic mass is 10.2. The highest BCUT2D eigenvalue weighted by Crippen LogP contribution is 2.23. The van der Waals surface area contributed by atoms with Crippen LogP contribution in [0.15, 0.2) is 35.1 Å². The van der Waals surface area contributed by atoms with E-state index >= 15 is 0 Å². The molecule has 1 fully saturated rings.